The molecule has 0 aliphatic carbocycles. The number of aryl methyl sites for hydroxylation is 1. The minimum atomic E-state index is -4.15. The third-order valence-corrected chi connectivity index (χ3v) is 2.20. The third-order valence-electron chi connectivity index (χ3n) is 2.20. The number of hydrogen-bond donors (Lipinski definition) is 2. The van der Waals surface area contributed by atoms with E-state index in [2.05, 4.69) is 9.97 Å². The minimum Gasteiger partial charge on any atom is -0.399 e. The van der Waals surface area contributed by atoms with E-state index in [4.69, 9.17) is 5.73 Å². The minimum absolute atomic E-state index is 0.141. The number of nitrogens with two attached hydrogens (primary N) is 1. The van der Waals surface area contributed by atoms with Crippen molar-refractivity contribution in [1.82, 2.24) is 9.97 Å². The van der Waals surface area contributed by atoms with Gasteiger partial charge in [-0.2, -0.15) is 13.2 Å². The van der Waals surface area contributed by atoms with Crippen molar-refractivity contribution in [3.05, 3.63) is 24.0 Å². The number of anilines is 1. The van der Waals surface area contributed by atoms with Gasteiger partial charge in [0.05, 0.1) is 17.5 Å². The smallest absolute Gasteiger partial charge is 0.389 e. The summed E-state index contributed by atoms with van der Waals surface area (Å²) in [6, 6.07) is 4.99. The normalized spacial score (nSPS) is 12.2. The SMILES string of the molecule is Nc1ccc2nc(CCC(F)(F)F)[nH]c2c1. The molecule has 3 N–H and O–H groups in total. The van der Waals surface area contributed by atoms with Gasteiger partial charge in [-0.3, -0.25) is 0 Å². The van der Waals surface area contributed by atoms with Gasteiger partial charge in [-0.25, -0.2) is 4.98 Å². The van der Waals surface area contributed by atoms with Crippen molar-refractivity contribution in [2.75, 3.05) is 5.73 Å². The molecule has 0 aliphatic rings. The first-order valence-corrected chi connectivity index (χ1v) is 4.75. The van der Waals surface area contributed by atoms with Gasteiger partial charge >= 0.3 is 6.18 Å². The van der Waals surface area contributed by atoms with Gasteiger partial charge in [0.2, 0.25) is 0 Å². The van der Waals surface area contributed by atoms with Crippen LogP contribution >= 0.6 is 0 Å². The number of nitrogen functional groups attached to an aromatic ring is 1. The molecule has 2 aromatic rings. The van der Waals surface area contributed by atoms with Crippen molar-refractivity contribution >= 4 is 16.7 Å². The molecule has 0 amide bonds. The summed E-state index contributed by atoms with van der Waals surface area (Å²) in [6.45, 7) is 0. The first-order valence-electron chi connectivity index (χ1n) is 4.75. The van der Waals surface area contributed by atoms with Crippen molar-refractivity contribution in [1.29, 1.82) is 0 Å². The average molecular weight is 229 g/mol. The highest BCUT2D eigenvalue weighted by Gasteiger charge is 2.27. The second-order valence-electron chi connectivity index (χ2n) is 3.58. The lowest BCUT2D eigenvalue weighted by atomic mass is 10.3. The molecule has 0 atom stereocenters. The number of fused-ring (bicyclic) bond motifs is 1. The van der Waals surface area contributed by atoms with Gasteiger partial charge in [0.15, 0.2) is 0 Å². The molecule has 0 aliphatic heterocycles. The number of rotatable bonds is 2. The van der Waals surface area contributed by atoms with Crippen LogP contribution < -0.4 is 5.73 Å². The largest absolute Gasteiger partial charge is 0.399 e. The van der Waals surface area contributed by atoms with Gasteiger partial charge in [-0.1, -0.05) is 0 Å². The number of aromatic amines is 1. The molecule has 0 fully saturated rings. The molecule has 0 bridgehead atoms. The molecule has 1 heterocycles. The Morgan fingerprint density at radius 1 is 1.31 bits per heavy atom. The Morgan fingerprint density at radius 3 is 2.75 bits per heavy atom. The molecule has 3 nitrogen and oxygen atoms in total. The van der Waals surface area contributed by atoms with E-state index in [9.17, 15) is 13.2 Å². The Labute approximate surface area is 89.5 Å². The zero-order valence-corrected chi connectivity index (χ0v) is 8.30. The van der Waals surface area contributed by atoms with Gasteiger partial charge in [0, 0.05) is 12.1 Å². The van der Waals surface area contributed by atoms with Crippen LogP contribution in [-0.4, -0.2) is 16.1 Å². The van der Waals surface area contributed by atoms with E-state index in [1.165, 1.54) is 0 Å². The predicted molar refractivity (Wildman–Crippen MR) is 54.9 cm³/mol. The van der Waals surface area contributed by atoms with Gasteiger partial charge in [0.1, 0.15) is 5.82 Å². The van der Waals surface area contributed by atoms with Gasteiger partial charge < -0.3 is 10.7 Å². The van der Waals surface area contributed by atoms with E-state index in [0.29, 0.717) is 22.5 Å². The van der Waals surface area contributed by atoms with Crippen LogP contribution in [0.5, 0.6) is 0 Å². The fourth-order valence-electron chi connectivity index (χ4n) is 1.46. The highest BCUT2D eigenvalue weighted by molar-refractivity contribution is 5.78. The number of nitrogens with one attached hydrogen (secondary N) is 1. The monoisotopic (exact) mass is 229 g/mol. The van der Waals surface area contributed by atoms with E-state index in [0.717, 1.165) is 0 Å². The third kappa shape index (κ3) is 2.44. The number of nitrogens with zero attached hydrogens (tertiary/aromatic N) is 1. The first-order chi connectivity index (χ1) is 7.44. The van der Waals surface area contributed by atoms with E-state index in [1.807, 2.05) is 0 Å². The number of halogens is 3. The van der Waals surface area contributed by atoms with Crippen LogP contribution in [0.4, 0.5) is 18.9 Å². The molecule has 0 unspecified atom stereocenters. The van der Waals surface area contributed by atoms with Crippen molar-refractivity contribution < 1.29 is 13.2 Å². The van der Waals surface area contributed by atoms with Crippen LogP contribution in [0.2, 0.25) is 0 Å². The summed E-state index contributed by atoms with van der Waals surface area (Å²) in [5.41, 5.74) is 7.40. The van der Waals surface area contributed by atoms with Gasteiger partial charge in [-0.15, -0.1) is 0 Å². The van der Waals surface area contributed by atoms with Crippen LogP contribution in [0, 0.1) is 0 Å². The lowest BCUT2D eigenvalue weighted by Gasteiger charge is -2.02. The van der Waals surface area contributed by atoms with Crippen molar-refractivity contribution in [2.24, 2.45) is 0 Å². The topological polar surface area (TPSA) is 54.7 Å². The number of alkyl halides is 3. The summed E-state index contributed by atoms with van der Waals surface area (Å²) in [6.07, 6.45) is -5.17. The molecule has 0 saturated heterocycles. The summed E-state index contributed by atoms with van der Waals surface area (Å²) in [7, 11) is 0. The Kier molecular flexibility index (Phi) is 2.49. The lowest BCUT2D eigenvalue weighted by molar-refractivity contribution is -0.134. The first kappa shape index (κ1) is 10.8. The van der Waals surface area contributed by atoms with Crippen LogP contribution in [0.1, 0.15) is 12.2 Å². The predicted octanol–water partition coefficient (Wildman–Crippen LogP) is 2.64. The van der Waals surface area contributed by atoms with E-state index < -0.39 is 12.6 Å². The van der Waals surface area contributed by atoms with E-state index in [-0.39, 0.29) is 6.42 Å². The maximum atomic E-state index is 12.0. The molecule has 0 radical (unpaired) electrons. The molecular formula is C10H10F3N3. The molecule has 86 valence electrons. The number of benzene rings is 1. The molecule has 0 spiro atoms. The quantitative estimate of drug-likeness (QED) is 0.778. The standard InChI is InChI=1S/C10H10F3N3/c11-10(12,13)4-3-9-15-7-2-1-6(14)5-8(7)16-9/h1-2,5H,3-4,14H2,(H,15,16). The van der Waals surface area contributed by atoms with Crippen LogP contribution in [-0.2, 0) is 6.42 Å². The molecule has 1 aromatic carbocycles. The molecule has 0 saturated carbocycles. The highest BCUT2D eigenvalue weighted by Crippen LogP contribution is 2.22. The Balaban J connectivity index is 2.20. The summed E-state index contributed by atoms with van der Waals surface area (Å²) in [5, 5.41) is 0. The van der Waals surface area contributed by atoms with Crippen molar-refractivity contribution in [2.45, 2.75) is 19.0 Å². The van der Waals surface area contributed by atoms with E-state index in [1.54, 1.807) is 18.2 Å². The summed E-state index contributed by atoms with van der Waals surface area (Å²) in [4.78, 5) is 6.86. The van der Waals surface area contributed by atoms with Crippen molar-refractivity contribution in [3.8, 4) is 0 Å². The molecule has 2 rings (SSSR count). The number of H-pyrrole nitrogens is 1. The molecule has 6 heteroatoms. The Morgan fingerprint density at radius 2 is 2.06 bits per heavy atom. The lowest BCUT2D eigenvalue weighted by Crippen LogP contribution is -2.09. The second kappa shape index (κ2) is 3.70. The summed E-state index contributed by atoms with van der Waals surface area (Å²) < 4.78 is 36.0. The highest BCUT2D eigenvalue weighted by atomic mass is 19.4. The van der Waals surface area contributed by atoms with Gasteiger partial charge in [0.25, 0.3) is 0 Å². The fourth-order valence-corrected chi connectivity index (χ4v) is 1.46. The molecule has 16 heavy (non-hydrogen) atoms. The zero-order valence-electron chi connectivity index (χ0n) is 8.30. The fraction of sp³-hybridized carbons (Fsp3) is 0.300. The maximum absolute atomic E-state index is 12.0. The molecular weight excluding hydrogens is 219 g/mol. The van der Waals surface area contributed by atoms with Gasteiger partial charge in [-0.05, 0) is 18.2 Å². The number of hydrogen-bond acceptors (Lipinski definition) is 2. The van der Waals surface area contributed by atoms with E-state index >= 15 is 0 Å². The second-order valence-corrected chi connectivity index (χ2v) is 3.58. The Bertz CT molecular complexity index is 501. The van der Waals surface area contributed by atoms with Crippen LogP contribution in [0.15, 0.2) is 18.2 Å². The summed E-state index contributed by atoms with van der Waals surface area (Å²) >= 11 is 0. The number of imidazole rings is 1. The van der Waals surface area contributed by atoms with Crippen LogP contribution in [0.25, 0.3) is 11.0 Å². The summed E-state index contributed by atoms with van der Waals surface area (Å²) in [5.74, 6) is 0.331. The molecule has 1 aromatic heterocycles. The zero-order chi connectivity index (χ0) is 11.8. The Hall–Kier alpha value is -1.72. The van der Waals surface area contributed by atoms with Crippen LogP contribution in [0.3, 0.4) is 0 Å². The average Bonchev–Trinajstić information content (AvgIpc) is 2.55. The van der Waals surface area contributed by atoms with Crippen molar-refractivity contribution in [3.63, 3.8) is 0 Å². The maximum Gasteiger partial charge on any atom is 0.389 e. The number of aromatic nitrogens is 2.